The average molecular weight is 716 g/mol. The van der Waals surface area contributed by atoms with Gasteiger partial charge in [-0.1, -0.05) is 217 Å². The van der Waals surface area contributed by atoms with Crippen LogP contribution < -0.4 is 5.32 Å². The first-order chi connectivity index (χ1) is 25.2. The van der Waals surface area contributed by atoms with Crippen molar-refractivity contribution in [3.8, 4) is 0 Å². The number of amides is 1. The summed E-state index contributed by atoms with van der Waals surface area (Å²) in [5.41, 5.74) is 0. The standard InChI is InChI=1S/C47H89NO3/c1-3-5-7-9-11-13-15-17-19-21-22-23-24-25-27-28-30-32-34-36-38-40-42-46(50)45(44-49)48-47(51)43-41-39-37-35-33-31-29-26-20-18-16-14-12-10-8-6-4-2/h12,14,18,20,40,42,45-46,49-50H,3-11,13,15-17,19,21-39,41,43-44H2,1-2H3,(H,48,51)/b14-12-,20-18-,42-40+. The van der Waals surface area contributed by atoms with E-state index in [9.17, 15) is 15.0 Å². The van der Waals surface area contributed by atoms with Gasteiger partial charge in [0.15, 0.2) is 0 Å². The van der Waals surface area contributed by atoms with E-state index >= 15 is 0 Å². The van der Waals surface area contributed by atoms with Gasteiger partial charge in [0.1, 0.15) is 0 Å². The average Bonchev–Trinajstić information content (AvgIpc) is 3.13. The molecule has 0 saturated heterocycles. The van der Waals surface area contributed by atoms with Crippen molar-refractivity contribution in [3.63, 3.8) is 0 Å². The Morgan fingerprint density at radius 3 is 1.22 bits per heavy atom. The lowest BCUT2D eigenvalue weighted by Crippen LogP contribution is -2.45. The highest BCUT2D eigenvalue weighted by Crippen LogP contribution is 2.16. The van der Waals surface area contributed by atoms with Crippen LogP contribution in [0, 0.1) is 0 Å². The molecule has 0 aliphatic heterocycles. The molecule has 4 nitrogen and oxygen atoms in total. The summed E-state index contributed by atoms with van der Waals surface area (Å²) in [7, 11) is 0. The van der Waals surface area contributed by atoms with Crippen molar-refractivity contribution in [2.24, 2.45) is 0 Å². The number of allylic oxidation sites excluding steroid dienone is 5. The van der Waals surface area contributed by atoms with E-state index in [2.05, 4.69) is 43.5 Å². The smallest absolute Gasteiger partial charge is 0.220 e. The van der Waals surface area contributed by atoms with Gasteiger partial charge in [-0.15, -0.1) is 0 Å². The van der Waals surface area contributed by atoms with Crippen LogP contribution >= 0.6 is 0 Å². The molecule has 0 heterocycles. The molecule has 1 amide bonds. The van der Waals surface area contributed by atoms with E-state index in [1.807, 2.05) is 6.08 Å². The number of nitrogens with one attached hydrogen (secondary N) is 1. The van der Waals surface area contributed by atoms with Crippen molar-refractivity contribution in [2.45, 2.75) is 251 Å². The Balaban J connectivity index is 3.56. The van der Waals surface area contributed by atoms with Crippen LogP contribution in [0.2, 0.25) is 0 Å². The monoisotopic (exact) mass is 716 g/mol. The summed E-state index contributed by atoms with van der Waals surface area (Å²) in [5.74, 6) is -0.0711. The molecule has 0 aromatic carbocycles. The molecule has 0 rings (SSSR count). The molecule has 0 radical (unpaired) electrons. The Kier molecular flexibility index (Phi) is 41.8. The number of rotatable bonds is 41. The van der Waals surface area contributed by atoms with Crippen LogP contribution in [-0.4, -0.2) is 34.9 Å². The van der Waals surface area contributed by atoms with Gasteiger partial charge in [0.25, 0.3) is 0 Å². The van der Waals surface area contributed by atoms with Crippen LogP contribution in [0.5, 0.6) is 0 Å². The second-order valence-corrected chi connectivity index (χ2v) is 15.5. The maximum atomic E-state index is 12.4. The van der Waals surface area contributed by atoms with Crippen molar-refractivity contribution >= 4 is 5.91 Å². The van der Waals surface area contributed by atoms with Gasteiger partial charge in [-0.25, -0.2) is 0 Å². The summed E-state index contributed by atoms with van der Waals surface area (Å²) in [6, 6.07) is -0.625. The number of aliphatic hydroxyl groups is 2. The zero-order chi connectivity index (χ0) is 37.1. The fourth-order valence-corrected chi connectivity index (χ4v) is 6.86. The van der Waals surface area contributed by atoms with E-state index in [-0.39, 0.29) is 12.5 Å². The summed E-state index contributed by atoms with van der Waals surface area (Å²) < 4.78 is 0. The van der Waals surface area contributed by atoms with Crippen LogP contribution in [0.1, 0.15) is 239 Å². The number of aliphatic hydroxyl groups excluding tert-OH is 2. The third-order valence-corrected chi connectivity index (χ3v) is 10.4. The minimum Gasteiger partial charge on any atom is -0.394 e. The fourth-order valence-electron chi connectivity index (χ4n) is 6.86. The first-order valence-electron chi connectivity index (χ1n) is 22.7. The van der Waals surface area contributed by atoms with Gasteiger partial charge in [-0.05, 0) is 51.4 Å². The van der Waals surface area contributed by atoms with E-state index < -0.39 is 12.1 Å². The number of carbonyl (C=O) groups excluding carboxylic acids is 1. The van der Waals surface area contributed by atoms with Crippen LogP contribution in [0.3, 0.4) is 0 Å². The van der Waals surface area contributed by atoms with Gasteiger partial charge in [0, 0.05) is 6.42 Å². The second kappa shape index (κ2) is 43.0. The van der Waals surface area contributed by atoms with Crippen molar-refractivity contribution in [1.29, 1.82) is 0 Å². The molecule has 0 spiro atoms. The van der Waals surface area contributed by atoms with E-state index in [0.29, 0.717) is 6.42 Å². The van der Waals surface area contributed by atoms with Crippen LogP contribution in [-0.2, 0) is 4.79 Å². The zero-order valence-corrected chi connectivity index (χ0v) is 34.4. The van der Waals surface area contributed by atoms with Gasteiger partial charge < -0.3 is 15.5 Å². The molecule has 0 aliphatic carbocycles. The predicted octanol–water partition coefficient (Wildman–Crippen LogP) is 14.2. The number of unbranched alkanes of at least 4 members (excludes halogenated alkanes) is 30. The molecule has 0 aromatic heterocycles. The van der Waals surface area contributed by atoms with E-state index in [1.165, 1.54) is 186 Å². The maximum absolute atomic E-state index is 12.4. The summed E-state index contributed by atoms with van der Waals surface area (Å²) in [6.45, 7) is 4.29. The van der Waals surface area contributed by atoms with E-state index in [1.54, 1.807) is 6.08 Å². The topological polar surface area (TPSA) is 69.6 Å². The second-order valence-electron chi connectivity index (χ2n) is 15.5. The first-order valence-corrected chi connectivity index (χ1v) is 22.7. The summed E-state index contributed by atoms with van der Waals surface area (Å²) in [5, 5.41) is 23.0. The highest BCUT2D eigenvalue weighted by atomic mass is 16.3. The molecule has 0 saturated carbocycles. The summed E-state index contributed by atoms with van der Waals surface area (Å²) in [4.78, 5) is 12.4. The molecule has 0 fully saturated rings. The molecule has 2 atom stereocenters. The maximum Gasteiger partial charge on any atom is 0.220 e. The van der Waals surface area contributed by atoms with Gasteiger partial charge in [-0.2, -0.15) is 0 Å². The molecular formula is C47H89NO3. The van der Waals surface area contributed by atoms with Crippen LogP contribution in [0.25, 0.3) is 0 Å². The van der Waals surface area contributed by atoms with Gasteiger partial charge in [0.05, 0.1) is 18.8 Å². The molecule has 300 valence electrons. The van der Waals surface area contributed by atoms with Crippen LogP contribution in [0.15, 0.2) is 36.5 Å². The molecule has 0 bridgehead atoms. The zero-order valence-electron chi connectivity index (χ0n) is 34.4. The Morgan fingerprint density at radius 1 is 0.471 bits per heavy atom. The predicted molar refractivity (Wildman–Crippen MR) is 225 cm³/mol. The molecule has 0 aliphatic rings. The van der Waals surface area contributed by atoms with Crippen molar-refractivity contribution in [1.82, 2.24) is 5.32 Å². The Labute approximate surface area is 319 Å². The highest BCUT2D eigenvalue weighted by molar-refractivity contribution is 5.76. The SMILES string of the molecule is CCCCC/C=C\C/C=C\CCCCCCCCCC(=O)NC(CO)C(O)/C=C/CCCCCCCCCCCCCCCCCCCCCC. The summed E-state index contributed by atoms with van der Waals surface area (Å²) >= 11 is 0. The lowest BCUT2D eigenvalue weighted by molar-refractivity contribution is -0.123. The third kappa shape index (κ3) is 39.6. The normalized spacial score (nSPS) is 13.3. The molecule has 0 aromatic rings. The van der Waals surface area contributed by atoms with E-state index in [0.717, 1.165) is 32.1 Å². The first kappa shape index (κ1) is 49.6. The minimum atomic E-state index is -0.842. The Hall–Kier alpha value is -1.39. The van der Waals surface area contributed by atoms with Crippen molar-refractivity contribution < 1.29 is 15.0 Å². The van der Waals surface area contributed by atoms with Gasteiger partial charge in [-0.3, -0.25) is 4.79 Å². The number of hydrogen-bond acceptors (Lipinski definition) is 3. The van der Waals surface area contributed by atoms with Gasteiger partial charge in [0.2, 0.25) is 5.91 Å². The fraction of sp³-hybridized carbons (Fsp3) is 0.851. The quantitative estimate of drug-likeness (QED) is 0.0436. The number of carbonyl (C=O) groups is 1. The largest absolute Gasteiger partial charge is 0.394 e. The molecule has 4 heteroatoms. The molecule has 2 unspecified atom stereocenters. The van der Waals surface area contributed by atoms with Crippen molar-refractivity contribution in [3.05, 3.63) is 36.5 Å². The molecular weight excluding hydrogens is 627 g/mol. The minimum absolute atomic E-state index is 0.0711. The third-order valence-electron chi connectivity index (χ3n) is 10.4. The lowest BCUT2D eigenvalue weighted by Gasteiger charge is -2.20. The lowest BCUT2D eigenvalue weighted by atomic mass is 10.0. The Bertz CT molecular complexity index is 775. The van der Waals surface area contributed by atoms with E-state index in [4.69, 9.17) is 0 Å². The Morgan fingerprint density at radius 2 is 0.804 bits per heavy atom. The summed E-state index contributed by atoms with van der Waals surface area (Å²) in [6.07, 6.45) is 56.8. The molecule has 3 N–H and O–H groups in total. The van der Waals surface area contributed by atoms with Crippen LogP contribution in [0.4, 0.5) is 0 Å². The highest BCUT2D eigenvalue weighted by Gasteiger charge is 2.17. The van der Waals surface area contributed by atoms with Crippen molar-refractivity contribution in [2.75, 3.05) is 6.61 Å². The number of hydrogen-bond donors (Lipinski definition) is 3. The molecule has 51 heavy (non-hydrogen) atoms. The van der Waals surface area contributed by atoms with Gasteiger partial charge >= 0.3 is 0 Å².